The second kappa shape index (κ2) is 8.64. The number of hydrogen-bond acceptors (Lipinski definition) is 6. The van der Waals surface area contributed by atoms with Crippen molar-refractivity contribution in [2.75, 3.05) is 42.5 Å². The van der Waals surface area contributed by atoms with Crippen molar-refractivity contribution in [3.63, 3.8) is 0 Å². The van der Waals surface area contributed by atoms with Crippen molar-refractivity contribution in [3.8, 4) is 11.3 Å². The Morgan fingerprint density at radius 3 is 2.39 bits per heavy atom. The van der Waals surface area contributed by atoms with Crippen LogP contribution in [-0.2, 0) is 4.79 Å². The zero-order valence-electron chi connectivity index (χ0n) is 18.7. The minimum absolute atomic E-state index is 0.0853. The molecule has 2 atom stereocenters. The largest absolute Gasteiger partial charge is 0.341 e. The highest BCUT2D eigenvalue weighted by molar-refractivity contribution is 5.97. The Balaban J connectivity index is 1.11. The van der Waals surface area contributed by atoms with Crippen LogP contribution in [0.5, 0.6) is 0 Å². The number of nitrogens with zero attached hydrogens (tertiary/aromatic N) is 4. The van der Waals surface area contributed by atoms with Crippen LogP contribution in [0, 0.1) is 0 Å². The molecule has 3 fully saturated rings. The van der Waals surface area contributed by atoms with Gasteiger partial charge in [-0.15, -0.1) is 0 Å². The summed E-state index contributed by atoms with van der Waals surface area (Å²) >= 11 is 0. The molecule has 0 aliphatic carbocycles. The molecule has 33 heavy (non-hydrogen) atoms. The summed E-state index contributed by atoms with van der Waals surface area (Å²) in [5.74, 6) is 1.87. The van der Waals surface area contributed by atoms with Crippen molar-refractivity contribution < 1.29 is 4.79 Å². The number of carbonyl (C=O) groups excluding carboxylic acids is 1. The van der Waals surface area contributed by atoms with Gasteiger partial charge in [0.1, 0.15) is 12.4 Å². The van der Waals surface area contributed by atoms with E-state index in [4.69, 9.17) is 0 Å². The first-order chi connectivity index (χ1) is 16.2. The smallest absolute Gasteiger partial charge is 0.246 e. The van der Waals surface area contributed by atoms with Crippen molar-refractivity contribution in [1.29, 1.82) is 0 Å². The Kier molecular flexibility index (Phi) is 5.35. The van der Waals surface area contributed by atoms with Crippen molar-refractivity contribution in [1.82, 2.24) is 30.6 Å². The molecule has 3 saturated heterocycles. The number of amides is 1. The topological polar surface area (TPSA) is 105 Å². The van der Waals surface area contributed by atoms with Gasteiger partial charge in [0.05, 0.1) is 29.8 Å². The number of imidazole rings is 2. The Morgan fingerprint density at radius 1 is 0.879 bits per heavy atom. The molecule has 1 aromatic carbocycles. The highest BCUT2D eigenvalue weighted by Gasteiger charge is 2.28. The molecule has 172 valence electrons. The van der Waals surface area contributed by atoms with Gasteiger partial charge in [-0.2, -0.15) is 0 Å². The molecular formula is C24H30N8O. The zero-order chi connectivity index (χ0) is 22.2. The number of H-pyrrole nitrogens is 2. The van der Waals surface area contributed by atoms with Gasteiger partial charge in [0.25, 0.3) is 0 Å². The molecule has 3 aliphatic rings. The minimum atomic E-state index is 0.0853. The van der Waals surface area contributed by atoms with Crippen LogP contribution in [0.25, 0.3) is 11.3 Å². The maximum absolute atomic E-state index is 13.0. The average Bonchev–Trinajstić information content (AvgIpc) is 3.65. The Hall–Kier alpha value is -3.17. The molecule has 0 radical (unpaired) electrons. The number of benzene rings is 1. The third kappa shape index (κ3) is 4.02. The van der Waals surface area contributed by atoms with E-state index in [0.29, 0.717) is 25.2 Å². The first kappa shape index (κ1) is 20.4. The molecule has 9 nitrogen and oxygen atoms in total. The maximum atomic E-state index is 13.0. The van der Waals surface area contributed by atoms with E-state index < -0.39 is 0 Å². The molecule has 2 aromatic heterocycles. The van der Waals surface area contributed by atoms with E-state index in [2.05, 4.69) is 42.7 Å². The van der Waals surface area contributed by atoms with Crippen LogP contribution in [0.1, 0.15) is 49.3 Å². The lowest BCUT2D eigenvalue weighted by molar-refractivity contribution is -0.117. The molecular weight excluding hydrogens is 416 g/mol. The lowest BCUT2D eigenvalue weighted by atomic mass is 10.1. The van der Waals surface area contributed by atoms with E-state index in [9.17, 15) is 4.79 Å². The van der Waals surface area contributed by atoms with E-state index in [1.54, 1.807) is 0 Å². The van der Waals surface area contributed by atoms with Gasteiger partial charge in [-0.3, -0.25) is 4.79 Å². The van der Waals surface area contributed by atoms with Gasteiger partial charge < -0.3 is 30.4 Å². The molecule has 4 N–H and O–H groups in total. The number of hydrogen-bond donors (Lipinski definition) is 4. The van der Waals surface area contributed by atoms with Gasteiger partial charge in [-0.25, -0.2) is 9.97 Å². The Bertz CT molecular complexity index is 1110. The summed E-state index contributed by atoms with van der Waals surface area (Å²) in [5, 5.41) is 6.96. The second-order valence-electron chi connectivity index (χ2n) is 9.16. The molecule has 3 aliphatic heterocycles. The van der Waals surface area contributed by atoms with Gasteiger partial charge in [0, 0.05) is 24.8 Å². The van der Waals surface area contributed by atoms with Crippen LogP contribution in [0.4, 0.5) is 11.6 Å². The summed E-state index contributed by atoms with van der Waals surface area (Å²) in [5.41, 5.74) is 4.12. The molecule has 9 heteroatoms. The predicted molar refractivity (Wildman–Crippen MR) is 127 cm³/mol. The third-order valence-electron chi connectivity index (χ3n) is 7.01. The number of piperazine rings is 1. The number of aromatic nitrogens is 4. The summed E-state index contributed by atoms with van der Waals surface area (Å²) < 4.78 is 0. The zero-order valence-corrected chi connectivity index (χ0v) is 18.7. The SMILES string of the molecule is O=C1CN(c2ncc(C3CCCN3)[nH]2)CCN1c1ccc(-c2cnc(C3CCCN3)[nH]2)cc1. The van der Waals surface area contributed by atoms with Crippen LogP contribution in [0.2, 0.25) is 0 Å². The van der Waals surface area contributed by atoms with Gasteiger partial charge in [0.2, 0.25) is 11.9 Å². The normalized spacial score (nSPS) is 23.6. The van der Waals surface area contributed by atoms with Crippen LogP contribution >= 0.6 is 0 Å². The molecule has 1 amide bonds. The molecule has 3 aromatic rings. The Morgan fingerprint density at radius 2 is 1.67 bits per heavy atom. The van der Waals surface area contributed by atoms with Crippen LogP contribution in [0.3, 0.4) is 0 Å². The second-order valence-corrected chi connectivity index (χ2v) is 9.16. The number of aromatic amines is 2. The number of anilines is 2. The molecule has 0 bridgehead atoms. The first-order valence-corrected chi connectivity index (χ1v) is 12.0. The highest BCUT2D eigenvalue weighted by atomic mass is 16.2. The van der Waals surface area contributed by atoms with Gasteiger partial charge >= 0.3 is 0 Å². The van der Waals surface area contributed by atoms with Crippen LogP contribution in [0.15, 0.2) is 36.7 Å². The average molecular weight is 447 g/mol. The number of nitrogens with one attached hydrogen (secondary N) is 4. The molecule has 0 spiro atoms. The highest BCUT2D eigenvalue weighted by Crippen LogP contribution is 2.27. The molecule has 6 rings (SSSR count). The maximum Gasteiger partial charge on any atom is 0.246 e. The summed E-state index contributed by atoms with van der Waals surface area (Å²) in [7, 11) is 0. The van der Waals surface area contributed by atoms with E-state index in [-0.39, 0.29) is 5.91 Å². The molecule has 2 unspecified atom stereocenters. The summed E-state index contributed by atoms with van der Waals surface area (Å²) in [6, 6.07) is 8.83. The minimum Gasteiger partial charge on any atom is -0.341 e. The standard InChI is InChI=1S/C24H30N8O/c33-22-15-31(24-28-14-21(30-24)18-3-1-9-25-18)11-12-32(22)17-7-5-16(6-8-17)20-13-27-23(29-20)19-4-2-10-26-19/h5-8,13-14,18-19,25-26H,1-4,9-12,15H2,(H,27,29)(H,28,30). The van der Waals surface area contributed by atoms with Crippen LogP contribution < -0.4 is 20.4 Å². The molecule has 5 heterocycles. The van der Waals surface area contributed by atoms with Gasteiger partial charge in [-0.1, -0.05) is 12.1 Å². The van der Waals surface area contributed by atoms with Crippen LogP contribution in [-0.4, -0.2) is 58.6 Å². The fraction of sp³-hybridized carbons (Fsp3) is 0.458. The van der Waals surface area contributed by atoms with E-state index in [1.165, 1.54) is 12.8 Å². The summed E-state index contributed by atoms with van der Waals surface area (Å²) in [6.07, 6.45) is 8.42. The number of rotatable bonds is 5. The first-order valence-electron chi connectivity index (χ1n) is 12.0. The van der Waals surface area contributed by atoms with Gasteiger partial charge in [0.15, 0.2) is 0 Å². The van der Waals surface area contributed by atoms with Crippen molar-refractivity contribution >= 4 is 17.5 Å². The van der Waals surface area contributed by atoms with E-state index in [0.717, 1.165) is 66.9 Å². The summed E-state index contributed by atoms with van der Waals surface area (Å²) in [6.45, 7) is 3.81. The summed E-state index contributed by atoms with van der Waals surface area (Å²) in [4.78, 5) is 32.8. The number of carbonyl (C=O) groups is 1. The fourth-order valence-corrected chi connectivity index (χ4v) is 5.14. The molecule has 0 saturated carbocycles. The predicted octanol–water partition coefficient (Wildman–Crippen LogP) is 2.50. The van der Waals surface area contributed by atoms with Crippen molar-refractivity contribution in [2.45, 2.75) is 37.8 Å². The lowest BCUT2D eigenvalue weighted by Gasteiger charge is -2.34. The monoisotopic (exact) mass is 446 g/mol. The third-order valence-corrected chi connectivity index (χ3v) is 7.01. The Labute approximate surface area is 193 Å². The van der Waals surface area contributed by atoms with E-state index in [1.807, 2.05) is 34.3 Å². The van der Waals surface area contributed by atoms with Crippen molar-refractivity contribution in [3.05, 3.63) is 48.2 Å². The van der Waals surface area contributed by atoms with Crippen molar-refractivity contribution in [2.24, 2.45) is 0 Å². The van der Waals surface area contributed by atoms with Gasteiger partial charge in [-0.05, 0) is 56.5 Å². The quantitative estimate of drug-likeness (QED) is 0.480. The lowest BCUT2D eigenvalue weighted by Crippen LogP contribution is -2.51. The van der Waals surface area contributed by atoms with E-state index >= 15 is 0 Å². The fourth-order valence-electron chi connectivity index (χ4n) is 5.14.